The fourth-order valence-electron chi connectivity index (χ4n) is 3.44. The fraction of sp³-hybridized carbons (Fsp3) is 0.650. The van der Waals surface area contributed by atoms with E-state index >= 15 is 0 Å². The molecule has 0 aromatic heterocycles. The minimum Gasteiger partial charge on any atom is -0.385 e. The van der Waals surface area contributed by atoms with Crippen LogP contribution in [0.4, 0.5) is 0 Å². The summed E-state index contributed by atoms with van der Waals surface area (Å²) in [5, 5.41) is 6.55. The molecule has 0 aliphatic heterocycles. The van der Waals surface area contributed by atoms with Crippen LogP contribution in [-0.4, -0.2) is 54.8 Å². The number of sulfonamides is 1. The van der Waals surface area contributed by atoms with E-state index in [-0.39, 0.29) is 12.0 Å². The Morgan fingerprint density at radius 3 is 2.57 bits per heavy atom. The summed E-state index contributed by atoms with van der Waals surface area (Å²) in [7, 11) is -0.0668. The highest BCUT2D eigenvalue weighted by Gasteiger charge is 2.36. The molecule has 1 aliphatic carbocycles. The van der Waals surface area contributed by atoms with Crippen LogP contribution in [0.1, 0.15) is 36.8 Å². The van der Waals surface area contributed by atoms with Gasteiger partial charge >= 0.3 is 0 Å². The zero-order valence-corrected chi connectivity index (χ0v) is 18.3. The van der Waals surface area contributed by atoms with Crippen molar-refractivity contribution in [3.05, 3.63) is 29.3 Å². The van der Waals surface area contributed by atoms with Crippen LogP contribution >= 0.6 is 0 Å². The molecule has 0 bridgehead atoms. The lowest BCUT2D eigenvalue weighted by atomic mass is 9.67. The summed E-state index contributed by atoms with van der Waals surface area (Å²) >= 11 is 0. The summed E-state index contributed by atoms with van der Waals surface area (Å²) < 4.78 is 32.9. The zero-order chi connectivity index (χ0) is 20.6. The highest BCUT2D eigenvalue weighted by molar-refractivity contribution is 7.89. The van der Waals surface area contributed by atoms with Crippen LogP contribution in [-0.2, 0) is 14.8 Å². The van der Waals surface area contributed by atoms with Gasteiger partial charge in [-0.15, -0.1) is 0 Å². The van der Waals surface area contributed by atoms with Gasteiger partial charge in [-0.3, -0.25) is 4.99 Å². The molecule has 0 radical (unpaired) electrons. The van der Waals surface area contributed by atoms with Gasteiger partial charge in [-0.2, -0.15) is 0 Å². The van der Waals surface area contributed by atoms with Gasteiger partial charge < -0.3 is 15.4 Å². The average molecular weight is 411 g/mol. The van der Waals surface area contributed by atoms with Crippen LogP contribution in [0.25, 0.3) is 0 Å². The standard InChI is InChI=1S/C20H34N4O3S/c1-16-6-7-17(2)18(14-16)28(25,26)24-12-11-22-19(21-3)23-15-20(8-5-9-20)10-13-27-4/h6-7,14,24H,5,8-13,15H2,1-4H3,(H2,21,22,23). The van der Waals surface area contributed by atoms with Gasteiger partial charge in [0.05, 0.1) is 4.90 Å². The highest BCUT2D eigenvalue weighted by atomic mass is 32.2. The monoisotopic (exact) mass is 410 g/mol. The Labute approximate surface area is 169 Å². The van der Waals surface area contributed by atoms with Crippen LogP contribution in [0.5, 0.6) is 0 Å². The van der Waals surface area contributed by atoms with E-state index in [1.165, 1.54) is 19.3 Å². The Bertz CT molecular complexity index is 774. The minimum atomic E-state index is -3.52. The molecule has 8 heteroatoms. The summed E-state index contributed by atoms with van der Waals surface area (Å²) in [5.41, 5.74) is 1.95. The van der Waals surface area contributed by atoms with Crippen LogP contribution in [0.2, 0.25) is 0 Å². The molecule has 1 fully saturated rings. The van der Waals surface area contributed by atoms with Crippen LogP contribution < -0.4 is 15.4 Å². The zero-order valence-electron chi connectivity index (χ0n) is 17.5. The molecule has 0 atom stereocenters. The normalized spacial score (nSPS) is 16.5. The van der Waals surface area contributed by atoms with Crippen molar-refractivity contribution in [1.82, 2.24) is 15.4 Å². The third kappa shape index (κ3) is 6.18. The number of benzene rings is 1. The minimum absolute atomic E-state index is 0.283. The van der Waals surface area contributed by atoms with Crippen molar-refractivity contribution in [3.8, 4) is 0 Å². The lowest BCUT2D eigenvalue weighted by Crippen LogP contribution is -2.48. The lowest BCUT2D eigenvalue weighted by molar-refractivity contribution is 0.0732. The molecule has 1 saturated carbocycles. The average Bonchev–Trinajstić information content (AvgIpc) is 2.64. The van der Waals surface area contributed by atoms with E-state index in [1.54, 1.807) is 27.1 Å². The van der Waals surface area contributed by atoms with E-state index in [0.717, 1.165) is 30.7 Å². The Balaban J connectivity index is 1.79. The molecule has 3 N–H and O–H groups in total. The fourth-order valence-corrected chi connectivity index (χ4v) is 4.80. The van der Waals surface area contributed by atoms with Crippen molar-refractivity contribution >= 4 is 16.0 Å². The predicted octanol–water partition coefficient (Wildman–Crippen LogP) is 1.95. The van der Waals surface area contributed by atoms with Gasteiger partial charge in [-0.1, -0.05) is 18.6 Å². The number of aliphatic imine (C=N–C) groups is 1. The van der Waals surface area contributed by atoms with Gasteiger partial charge in [0.1, 0.15) is 0 Å². The molecule has 0 unspecified atom stereocenters. The quantitative estimate of drug-likeness (QED) is 0.312. The lowest BCUT2D eigenvalue weighted by Gasteiger charge is -2.42. The van der Waals surface area contributed by atoms with Crippen LogP contribution in [0, 0.1) is 19.3 Å². The van der Waals surface area contributed by atoms with Crippen molar-refractivity contribution < 1.29 is 13.2 Å². The first-order valence-electron chi connectivity index (χ1n) is 9.82. The summed E-state index contributed by atoms with van der Waals surface area (Å²) in [5.74, 6) is 0.689. The Hall–Kier alpha value is -1.64. The van der Waals surface area contributed by atoms with E-state index in [1.807, 2.05) is 19.1 Å². The maximum atomic E-state index is 12.5. The molecule has 7 nitrogen and oxygen atoms in total. The molecule has 1 aliphatic rings. The molecule has 28 heavy (non-hydrogen) atoms. The Kier molecular flexibility index (Phi) is 8.27. The predicted molar refractivity (Wildman–Crippen MR) is 113 cm³/mol. The van der Waals surface area contributed by atoms with E-state index in [2.05, 4.69) is 20.3 Å². The van der Waals surface area contributed by atoms with E-state index in [4.69, 9.17) is 4.74 Å². The van der Waals surface area contributed by atoms with Gasteiger partial charge in [-0.25, -0.2) is 13.1 Å². The maximum absolute atomic E-state index is 12.5. The Morgan fingerprint density at radius 2 is 1.96 bits per heavy atom. The summed E-state index contributed by atoms with van der Waals surface area (Å²) in [6.07, 6.45) is 4.71. The van der Waals surface area contributed by atoms with Crippen molar-refractivity contribution in [2.24, 2.45) is 10.4 Å². The first-order chi connectivity index (χ1) is 13.3. The smallest absolute Gasteiger partial charge is 0.240 e. The number of nitrogens with one attached hydrogen (secondary N) is 3. The number of aryl methyl sites for hydroxylation is 2. The van der Waals surface area contributed by atoms with Crippen LogP contribution in [0.15, 0.2) is 28.1 Å². The molecule has 0 heterocycles. The number of hydrogen-bond donors (Lipinski definition) is 3. The first-order valence-corrected chi connectivity index (χ1v) is 11.3. The van der Waals surface area contributed by atoms with Gasteiger partial charge in [0.25, 0.3) is 0 Å². The second kappa shape index (κ2) is 10.2. The van der Waals surface area contributed by atoms with E-state index < -0.39 is 10.0 Å². The molecule has 1 aromatic carbocycles. The molecule has 0 spiro atoms. The van der Waals surface area contributed by atoms with Gasteiger partial charge in [0.15, 0.2) is 5.96 Å². The second-order valence-electron chi connectivity index (χ2n) is 7.62. The molecule has 2 rings (SSSR count). The number of nitrogens with zero attached hydrogens (tertiary/aromatic N) is 1. The van der Waals surface area contributed by atoms with Crippen molar-refractivity contribution in [2.75, 3.05) is 40.4 Å². The Morgan fingerprint density at radius 1 is 1.21 bits per heavy atom. The first kappa shape index (κ1) is 22.6. The summed E-state index contributed by atoms with van der Waals surface area (Å²) in [6.45, 7) is 6.05. The largest absolute Gasteiger partial charge is 0.385 e. The van der Waals surface area contributed by atoms with Gasteiger partial charge in [0, 0.05) is 40.4 Å². The van der Waals surface area contributed by atoms with Crippen molar-refractivity contribution in [3.63, 3.8) is 0 Å². The second-order valence-corrected chi connectivity index (χ2v) is 9.35. The van der Waals surface area contributed by atoms with Crippen molar-refractivity contribution in [1.29, 1.82) is 0 Å². The third-order valence-corrected chi connectivity index (χ3v) is 7.05. The van der Waals surface area contributed by atoms with E-state index in [9.17, 15) is 8.42 Å². The summed E-state index contributed by atoms with van der Waals surface area (Å²) in [6, 6.07) is 5.44. The number of ether oxygens (including phenoxy) is 1. The molecular formula is C20H34N4O3S. The number of rotatable bonds is 10. The van der Waals surface area contributed by atoms with Gasteiger partial charge in [0.2, 0.25) is 10.0 Å². The molecule has 1 aromatic rings. The summed E-state index contributed by atoms with van der Waals surface area (Å²) in [4.78, 5) is 4.57. The van der Waals surface area contributed by atoms with Gasteiger partial charge in [-0.05, 0) is 55.7 Å². The molecule has 0 saturated heterocycles. The highest BCUT2D eigenvalue weighted by Crippen LogP contribution is 2.43. The topological polar surface area (TPSA) is 91.8 Å². The van der Waals surface area contributed by atoms with Crippen molar-refractivity contribution in [2.45, 2.75) is 44.4 Å². The van der Waals surface area contributed by atoms with E-state index in [0.29, 0.717) is 17.4 Å². The molecule has 158 valence electrons. The molecule has 0 amide bonds. The number of methoxy groups -OCH3 is 1. The maximum Gasteiger partial charge on any atom is 0.240 e. The van der Waals surface area contributed by atoms with Crippen LogP contribution in [0.3, 0.4) is 0 Å². The number of guanidine groups is 1. The third-order valence-electron chi connectivity index (χ3n) is 5.45. The molecular weight excluding hydrogens is 376 g/mol. The SMILES string of the molecule is CN=C(NCCNS(=O)(=O)c1cc(C)ccc1C)NCC1(CCOC)CCC1. The number of hydrogen-bond acceptors (Lipinski definition) is 4.